The zero-order chi connectivity index (χ0) is 23.5. The largest absolute Gasteiger partial charge is 0.494 e. The molecule has 1 aliphatic heterocycles. The van der Waals surface area contributed by atoms with E-state index in [9.17, 15) is 9.90 Å². The molecule has 1 saturated heterocycles. The van der Waals surface area contributed by atoms with Crippen LogP contribution in [-0.2, 0) is 11.3 Å². The zero-order valence-corrected chi connectivity index (χ0v) is 19.5. The first kappa shape index (κ1) is 24.0. The molecule has 7 nitrogen and oxygen atoms in total. The molecule has 0 bridgehead atoms. The van der Waals surface area contributed by atoms with Gasteiger partial charge in [0.05, 0.1) is 6.61 Å². The van der Waals surface area contributed by atoms with Crippen LogP contribution in [0.2, 0.25) is 0 Å². The number of hydrogen-bond donors (Lipinski definition) is 2. The number of carboxylic acid groups (broad SMARTS) is 1. The molecule has 2 aromatic rings. The fraction of sp³-hybridized carbons (Fsp3) is 0.480. The molecule has 2 atom stereocenters. The van der Waals surface area contributed by atoms with Crippen LogP contribution in [0.25, 0.3) is 0 Å². The molecule has 32 heavy (non-hydrogen) atoms. The van der Waals surface area contributed by atoms with Gasteiger partial charge < -0.3 is 19.7 Å². The van der Waals surface area contributed by atoms with Gasteiger partial charge in [0.15, 0.2) is 12.0 Å². The number of ether oxygens (including phenoxy) is 2. The van der Waals surface area contributed by atoms with Crippen molar-refractivity contribution < 1.29 is 24.5 Å². The highest BCUT2D eigenvalue weighted by Crippen LogP contribution is 2.25. The Morgan fingerprint density at radius 3 is 2.38 bits per heavy atom. The third-order valence-corrected chi connectivity index (χ3v) is 6.10. The molecule has 0 amide bonds. The first-order chi connectivity index (χ1) is 15.1. The summed E-state index contributed by atoms with van der Waals surface area (Å²) in [7, 11) is 1.94. The number of likely N-dealkylation sites (N-methyl/N-ethyl adjacent to an activating group) is 1. The molecule has 2 aromatic carbocycles. The minimum atomic E-state index is -1.29. The summed E-state index contributed by atoms with van der Waals surface area (Å²) in [5, 5.41) is 19.8. The Morgan fingerprint density at radius 2 is 1.75 bits per heavy atom. The van der Waals surface area contributed by atoms with Gasteiger partial charge in [-0.2, -0.15) is 0 Å². The lowest BCUT2D eigenvalue weighted by Crippen LogP contribution is -2.37. The topological polar surface area (TPSA) is 82.5 Å². The van der Waals surface area contributed by atoms with Crippen LogP contribution in [0.3, 0.4) is 0 Å². The van der Waals surface area contributed by atoms with Gasteiger partial charge in [-0.15, -0.1) is 0 Å². The van der Waals surface area contributed by atoms with E-state index < -0.39 is 17.9 Å². The molecule has 0 spiro atoms. The normalized spacial score (nSPS) is 19.8. The highest BCUT2D eigenvalue weighted by molar-refractivity contribution is 5.76. The van der Waals surface area contributed by atoms with Crippen LogP contribution in [0.15, 0.2) is 42.5 Å². The molecular weight excluding hydrogens is 408 g/mol. The Kier molecular flexibility index (Phi) is 7.44. The van der Waals surface area contributed by atoms with Crippen molar-refractivity contribution in [2.75, 3.05) is 20.2 Å². The molecule has 7 heteroatoms. The van der Waals surface area contributed by atoms with Gasteiger partial charge in [-0.05, 0) is 82.1 Å². The van der Waals surface area contributed by atoms with E-state index >= 15 is 0 Å². The third-order valence-electron chi connectivity index (χ3n) is 6.10. The van der Waals surface area contributed by atoms with E-state index in [1.165, 1.54) is 30.5 Å². The summed E-state index contributed by atoms with van der Waals surface area (Å²) in [6, 6.07) is 13.6. The fourth-order valence-electron chi connectivity index (χ4n) is 3.77. The third kappa shape index (κ3) is 5.79. The number of benzene rings is 2. The molecular formula is C25H34N2O5. The number of carbonyl (C=O) groups is 1. The standard InChI is InChI=1S/C25H34N2O5/c1-17-6-7-19(14-18(17)2)15-27-16-20(26(5)24(27)30)12-13-31-21-8-10-22(11-9-21)32-25(3,4)23(28)29/h6-11,14,20,24,30H,12-13,15-16H2,1-5H3,(H,28,29). The number of carboxylic acids is 1. The number of hydrogen-bond acceptors (Lipinski definition) is 6. The van der Waals surface area contributed by atoms with Gasteiger partial charge in [0.2, 0.25) is 0 Å². The lowest BCUT2D eigenvalue weighted by atomic mass is 10.1. The van der Waals surface area contributed by atoms with Gasteiger partial charge in [0.1, 0.15) is 11.5 Å². The van der Waals surface area contributed by atoms with E-state index in [2.05, 4.69) is 36.9 Å². The van der Waals surface area contributed by atoms with Crippen molar-refractivity contribution in [1.29, 1.82) is 0 Å². The van der Waals surface area contributed by atoms with Gasteiger partial charge in [-0.3, -0.25) is 9.80 Å². The van der Waals surface area contributed by atoms with E-state index in [1.807, 2.05) is 11.9 Å². The molecule has 1 heterocycles. The number of aliphatic carboxylic acids is 1. The van der Waals surface area contributed by atoms with Gasteiger partial charge in [0.25, 0.3) is 0 Å². The van der Waals surface area contributed by atoms with Crippen molar-refractivity contribution in [3.63, 3.8) is 0 Å². The van der Waals surface area contributed by atoms with Gasteiger partial charge in [-0.1, -0.05) is 18.2 Å². The summed E-state index contributed by atoms with van der Waals surface area (Å²) in [4.78, 5) is 15.2. The Balaban J connectivity index is 1.49. The minimum absolute atomic E-state index is 0.190. The fourth-order valence-corrected chi connectivity index (χ4v) is 3.77. The van der Waals surface area contributed by atoms with Crippen LogP contribution in [0.1, 0.15) is 37.0 Å². The predicted molar refractivity (Wildman–Crippen MR) is 123 cm³/mol. The minimum Gasteiger partial charge on any atom is -0.494 e. The Hall–Kier alpha value is -2.61. The number of nitrogens with zero attached hydrogens (tertiary/aromatic N) is 2. The van der Waals surface area contributed by atoms with Crippen LogP contribution >= 0.6 is 0 Å². The average molecular weight is 443 g/mol. The Labute approximate surface area is 190 Å². The number of aliphatic hydroxyl groups is 1. The highest BCUT2D eigenvalue weighted by Gasteiger charge is 2.35. The summed E-state index contributed by atoms with van der Waals surface area (Å²) in [6.07, 6.45) is 0.164. The maximum absolute atomic E-state index is 11.2. The van der Waals surface area contributed by atoms with Crippen LogP contribution in [0.4, 0.5) is 0 Å². The van der Waals surface area contributed by atoms with Gasteiger partial charge >= 0.3 is 5.97 Å². The highest BCUT2D eigenvalue weighted by atomic mass is 16.5. The van der Waals surface area contributed by atoms with Crippen molar-refractivity contribution in [2.45, 2.75) is 58.7 Å². The summed E-state index contributed by atoms with van der Waals surface area (Å²) < 4.78 is 11.4. The summed E-state index contributed by atoms with van der Waals surface area (Å²) >= 11 is 0. The zero-order valence-electron chi connectivity index (χ0n) is 19.5. The monoisotopic (exact) mass is 442 g/mol. The first-order valence-electron chi connectivity index (χ1n) is 10.9. The summed E-state index contributed by atoms with van der Waals surface area (Å²) in [5.74, 6) is 0.149. The molecule has 2 N–H and O–H groups in total. The summed E-state index contributed by atoms with van der Waals surface area (Å²) in [5.41, 5.74) is 2.44. The van der Waals surface area contributed by atoms with E-state index in [0.29, 0.717) is 24.7 Å². The molecule has 0 aromatic heterocycles. The second kappa shape index (κ2) is 9.90. The average Bonchev–Trinajstić information content (AvgIpc) is 2.99. The van der Waals surface area contributed by atoms with Gasteiger partial charge in [0, 0.05) is 19.1 Å². The van der Waals surface area contributed by atoms with Crippen LogP contribution in [0, 0.1) is 13.8 Å². The quantitative estimate of drug-likeness (QED) is 0.616. The second-order valence-corrected chi connectivity index (χ2v) is 9.04. The van der Waals surface area contributed by atoms with Crippen LogP contribution < -0.4 is 9.47 Å². The molecule has 174 valence electrons. The first-order valence-corrected chi connectivity index (χ1v) is 10.9. The molecule has 1 aliphatic rings. The molecule has 2 unspecified atom stereocenters. The lowest BCUT2D eigenvalue weighted by molar-refractivity contribution is -0.152. The SMILES string of the molecule is Cc1ccc(CN2CC(CCOc3ccc(OC(C)(C)C(=O)O)cc3)N(C)C2O)cc1C. The number of aliphatic hydroxyl groups excluding tert-OH is 1. The van der Waals surface area contributed by atoms with E-state index in [4.69, 9.17) is 14.6 Å². The van der Waals surface area contributed by atoms with Crippen molar-refractivity contribution in [2.24, 2.45) is 0 Å². The van der Waals surface area contributed by atoms with E-state index in [0.717, 1.165) is 13.0 Å². The maximum atomic E-state index is 11.2. The van der Waals surface area contributed by atoms with Crippen molar-refractivity contribution >= 4 is 5.97 Å². The van der Waals surface area contributed by atoms with Crippen molar-refractivity contribution in [3.8, 4) is 11.5 Å². The van der Waals surface area contributed by atoms with Crippen molar-refractivity contribution in [3.05, 3.63) is 59.2 Å². The summed E-state index contributed by atoms with van der Waals surface area (Å²) in [6.45, 7) is 9.22. The van der Waals surface area contributed by atoms with Crippen molar-refractivity contribution in [1.82, 2.24) is 9.80 Å². The maximum Gasteiger partial charge on any atom is 0.347 e. The van der Waals surface area contributed by atoms with Gasteiger partial charge in [-0.25, -0.2) is 4.79 Å². The van der Waals surface area contributed by atoms with Crippen LogP contribution in [0.5, 0.6) is 11.5 Å². The second-order valence-electron chi connectivity index (χ2n) is 9.04. The molecule has 0 radical (unpaired) electrons. The molecule has 0 aliphatic carbocycles. The smallest absolute Gasteiger partial charge is 0.347 e. The Morgan fingerprint density at radius 1 is 1.09 bits per heavy atom. The molecule has 3 rings (SSSR count). The number of rotatable bonds is 9. The molecule has 0 saturated carbocycles. The lowest BCUT2D eigenvalue weighted by Gasteiger charge is -2.24. The molecule has 1 fully saturated rings. The van der Waals surface area contributed by atoms with E-state index in [-0.39, 0.29) is 6.04 Å². The Bertz CT molecular complexity index is 928. The number of aryl methyl sites for hydroxylation is 2. The predicted octanol–water partition coefficient (Wildman–Crippen LogP) is 3.41. The van der Waals surface area contributed by atoms with Crippen LogP contribution in [-0.4, -0.2) is 64.2 Å². The van der Waals surface area contributed by atoms with E-state index in [1.54, 1.807) is 24.3 Å².